The Labute approximate surface area is 136 Å². The monoisotopic (exact) mass is 320 g/mol. The Kier molecular flexibility index (Phi) is 5.98. The molecule has 2 rings (SSSR count). The van der Waals surface area contributed by atoms with Crippen LogP contribution in [0, 0.1) is 6.92 Å². The van der Waals surface area contributed by atoms with Crippen LogP contribution in [-0.4, -0.2) is 47.7 Å². The van der Waals surface area contributed by atoms with Gasteiger partial charge >= 0.3 is 12.0 Å². The minimum atomic E-state index is -0.849. The largest absolute Gasteiger partial charge is 0.481 e. The molecule has 126 valence electrons. The van der Waals surface area contributed by atoms with Crippen LogP contribution < -0.4 is 5.32 Å². The molecule has 0 bridgehead atoms. The summed E-state index contributed by atoms with van der Waals surface area (Å²) in [5.41, 5.74) is 2.25. The highest BCUT2D eigenvalue weighted by Crippen LogP contribution is 2.27. The molecule has 0 aromatic heterocycles. The first-order chi connectivity index (χ1) is 11.0. The summed E-state index contributed by atoms with van der Waals surface area (Å²) in [6.07, 6.45) is 0.364. The van der Waals surface area contributed by atoms with Crippen molar-refractivity contribution < 1.29 is 19.4 Å². The van der Waals surface area contributed by atoms with E-state index < -0.39 is 5.97 Å². The quantitative estimate of drug-likeness (QED) is 0.816. The Morgan fingerprint density at radius 3 is 2.83 bits per heavy atom. The van der Waals surface area contributed by atoms with Crippen LogP contribution in [-0.2, 0) is 9.53 Å². The summed E-state index contributed by atoms with van der Waals surface area (Å²) < 4.78 is 5.90. The van der Waals surface area contributed by atoms with Gasteiger partial charge in [-0.25, -0.2) is 4.79 Å². The van der Waals surface area contributed by atoms with E-state index in [1.54, 1.807) is 4.90 Å². The fourth-order valence-corrected chi connectivity index (χ4v) is 2.71. The first-order valence-corrected chi connectivity index (χ1v) is 7.92. The molecule has 6 nitrogen and oxygen atoms in total. The van der Waals surface area contributed by atoms with Crippen molar-refractivity contribution in [2.24, 2.45) is 0 Å². The summed E-state index contributed by atoms with van der Waals surface area (Å²) in [6, 6.07) is 7.85. The van der Waals surface area contributed by atoms with Crippen molar-refractivity contribution in [1.82, 2.24) is 10.2 Å². The summed E-state index contributed by atoms with van der Waals surface area (Å²) in [4.78, 5) is 24.6. The number of aliphatic carboxylic acids is 1. The fourth-order valence-electron chi connectivity index (χ4n) is 2.71. The average molecular weight is 320 g/mol. The molecule has 0 spiro atoms. The van der Waals surface area contributed by atoms with Crippen LogP contribution >= 0.6 is 0 Å². The van der Waals surface area contributed by atoms with E-state index >= 15 is 0 Å². The first kappa shape index (κ1) is 17.3. The molecule has 1 aromatic carbocycles. The van der Waals surface area contributed by atoms with Gasteiger partial charge in [-0.1, -0.05) is 24.3 Å². The highest BCUT2D eigenvalue weighted by molar-refractivity contribution is 5.74. The second-order valence-corrected chi connectivity index (χ2v) is 5.91. The lowest BCUT2D eigenvalue weighted by Gasteiger charge is -2.38. The SMILES string of the molecule is Cc1ccccc1C1CN(C(=O)NCCCC(=O)O)C(C)CO1. The predicted molar refractivity (Wildman–Crippen MR) is 86.3 cm³/mol. The van der Waals surface area contributed by atoms with Crippen LogP contribution in [0.5, 0.6) is 0 Å². The maximum absolute atomic E-state index is 12.3. The van der Waals surface area contributed by atoms with Crippen LogP contribution in [0.2, 0.25) is 0 Å². The Balaban J connectivity index is 1.94. The van der Waals surface area contributed by atoms with E-state index in [9.17, 15) is 9.59 Å². The van der Waals surface area contributed by atoms with E-state index in [-0.39, 0.29) is 24.6 Å². The number of urea groups is 1. The van der Waals surface area contributed by atoms with E-state index in [1.165, 1.54) is 0 Å². The summed E-state index contributed by atoms with van der Waals surface area (Å²) >= 11 is 0. The number of aryl methyl sites for hydroxylation is 1. The number of rotatable bonds is 5. The van der Waals surface area contributed by atoms with Crippen molar-refractivity contribution in [3.05, 3.63) is 35.4 Å². The molecule has 2 atom stereocenters. The Hall–Kier alpha value is -2.08. The Bertz CT molecular complexity index is 561. The van der Waals surface area contributed by atoms with Gasteiger partial charge in [0.25, 0.3) is 0 Å². The molecule has 1 heterocycles. The lowest BCUT2D eigenvalue weighted by Crippen LogP contribution is -2.52. The molecule has 0 radical (unpaired) electrons. The van der Waals surface area contributed by atoms with E-state index in [4.69, 9.17) is 9.84 Å². The molecule has 1 saturated heterocycles. The van der Waals surface area contributed by atoms with E-state index in [0.29, 0.717) is 26.1 Å². The van der Waals surface area contributed by atoms with Gasteiger partial charge in [-0.15, -0.1) is 0 Å². The van der Waals surface area contributed by atoms with Crippen molar-refractivity contribution in [1.29, 1.82) is 0 Å². The molecule has 1 aromatic rings. The zero-order chi connectivity index (χ0) is 16.8. The lowest BCUT2D eigenvalue weighted by molar-refractivity contribution is -0.137. The van der Waals surface area contributed by atoms with E-state index in [2.05, 4.69) is 5.32 Å². The molecule has 1 fully saturated rings. The average Bonchev–Trinajstić information content (AvgIpc) is 2.52. The third-order valence-corrected chi connectivity index (χ3v) is 4.07. The number of carbonyl (C=O) groups is 2. The number of ether oxygens (including phenoxy) is 1. The summed E-state index contributed by atoms with van der Waals surface area (Å²) in [5, 5.41) is 11.4. The number of hydrogen-bond donors (Lipinski definition) is 2. The van der Waals surface area contributed by atoms with Crippen LogP contribution in [0.1, 0.15) is 37.0 Å². The van der Waals surface area contributed by atoms with Crippen LogP contribution in [0.15, 0.2) is 24.3 Å². The second-order valence-electron chi connectivity index (χ2n) is 5.91. The topological polar surface area (TPSA) is 78.9 Å². The summed E-state index contributed by atoms with van der Waals surface area (Å²) in [6.45, 7) is 5.33. The second kappa shape index (κ2) is 7.97. The van der Waals surface area contributed by atoms with E-state index in [0.717, 1.165) is 11.1 Å². The number of morpholine rings is 1. The molecule has 2 unspecified atom stereocenters. The van der Waals surface area contributed by atoms with Crippen LogP contribution in [0.3, 0.4) is 0 Å². The number of nitrogens with zero attached hydrogens (tertiary/aromatic N) is 1. The normalized spacial score (nSPS) is 21.0. The predicted octanol–water partition coefficient (Wildman–Crippen LogP) is 2.33. The fraction of sp³-hybridized carbons (Fsp3) is 0.529. The van der Waals surface area contributed by atoms with Crippen molar-refractivity contribution in [2.75, 3.05) is 19.7 Å². The highest BCUT2D eigenvalue weighted by Gasteiger charge is 2.30. The lowest BCUT2D eigenvalue weighted by atomic mass is 10.0. The number of amides is 2. The number of nitrogens with one attached hydrogen (secondary N) is 1. The van der Waals surface area contributed by atoms with Crippen LogP contribution in [0.25, 0.3) is 0 Å². The van der Waals surface area contributed by atoms with Crippen molar-refractivity contribution in [3.63, 3.8) is 0 Å². The van der Waals surface area contributed by atoms with E-state index in [1.807, 2.05) is 38.1 Å². The minimum absolute atomic E-state index is 0.00487. The Morgan fingerprint density at radius 2 is 2.13 bits per heavy atom. The maximum Gasteiger partial charge on any atom is 0.317 e. The zero-order valence-corrected chi connectivity index (χ0v) is 13.6. The van der Waals surface area contributed by atoms with Crippen molar-refractivity contribution in [2.45, 2.75) is 38.8 Å². The van der Waals surface area contributed by atoms with Gasteiger partial charge in [0, 0.05) is 13.0 Å². The van der Waals surface area contributed by atoms with Gasteiger partial charge in [0.1, 0.15) is 6.10 Å². The number of carbonyl (C=O) groups excluding carboxylic acids is 1. The molecule has 0 saturated carbocycles. The van der Waals surface area contributed by atoms with Crippen molar-refractivity contribution >= 4 is 12.0 Å². The van der Waals surface area contributed by atoms with Crippen LogP contribution in [0.4, 0.5) is 4.79 Å². The molecule has 2 amide bonds. The molecule has 1 aliphatic heterocycles. The van der Waals surface area contributed by atoms with Gasteiger partial charge in [-0.05, 0) is 31.4 Å². The third-order valence-electron chi connectivity index (χ3n) is 4.07. The molecule has 2 N–H and O–H groups in total. The molecule has 23 heavy (non-hydrogen) atoms. The molecule has 0 aliphatic carbocycles. The first-order valence-electron chi connectivity index (χ1n) is 7.92. The standard InChI is InChI=1S/C17H24N2O4/c1-12-6-3-4-7-14(12)15-10-19(13(2)11-23-15)17(22)18-9-5-8-16(20)21/h3-4,6-7,13,15H,5,8-11H2,1-2H3,(H,18,22)(H,20,21). The highest BCUT2D eigenvalue weighted by atomic mass is 16.5. The third kappa shape index (κ3) is 4.69. The zero-order valence-electron chi connectivity index (χ0n) is 13.6. The van der Waals surface area contributed by atoms with Gasteiger partial charge in [0.15, 0.2) is 0 Å². The number of hydrogen-bond acceptors (Lipinski definition) is 3. The number of carboxylic acid groups (broad SMARTS) is 1. The molecular formula is C17H24N2O4. The molecule has 6 heteroatoms. The molecule has 1 aliphatic rings. The number of carboxylic acids is 1. The van der Waals surface area contributed by atoms with Gasteiger partial charge in [-0.3, -0.25) is 4.79 Å². The van der Waals surface area contributed by atoms with Crippen molar-refractivity contribution in [3.8, 4) is 0 Å². The van der Waals surface area contributed by atoms with Gasteiger partial charge in [0.2, 0.25) is 0 Å². The summed E-state index contributed by atoms with van der Waals surface area (Å²) in [7, 11) is 0. The van der Waals surface area contributed by atoms with Gasteiger partial charge < -0.3 is 20.1 Å². The Morgan fingerprint density at radius 1 is 1.39 bits per heavy atom. The summed E-state index contributed by atoms with van der Waals surface area (Å²) in [5.74, 6) is -0.849. The smallest absolute Gasteiger partial charge is 0.317 e. The minimum Gasteiger partial charge on any atom is -0.481 e. The maximum atomic E-state index is 12.3. The van der Waals surface area contributed by atoms with Gasteiger partial charge in [0.05, 0.1) is 19.2 Å². The van der Waals surface area contributed by atoms with Gasteiger partial charge in [-0.2, -0.15) is 0 Å². The molecular weight excluding hydrogens is 296 g/mol. The number of benzene rings is 1.